The highest BCUT2D eigenvalue weighted by Crippen LogP contribution is 2.16. The Morgan fingerprint density at radius 2 is 2.28 bits per heavy atom. The average molecular weight is 327 g/mol. The van der Waals surface area contributed by atoms with E-state index in [4.69, 9.17) is 5.73 Å². The van der Waals surface area contributed by atoms with Crippen molar-refractivity contribution in [1.29, 1.82) is 0 Å². The number of aryl methyl sites for hydroxylation is 1. The van der Waals surface area contributed by atoms with E-state index in [0.717, 1.165) is 9.88 Å². The number of amides is 1. The van der Waals surface area contributed by atoms with Gasteiger partial charge in [-0.3, -0.25) is 4.79 Å². The second kappa shape index (κ2) is 5.45. The van der Waals surface area contributed by atoms with Crippen molar-refractivity contribution in [3.8, 4) is 0 Å². The summed E-state index contributed by atoms with van der Waals surface area (Å²) in [6.45, 7) is 2.36. The number of carbonyl (C=O) groups excluding carboxylic acids is 1. The zero-order valence-corrected chi connectivity index (χ0v) is 12.0. The predicted octanol–water partition coefficient (Wildman–Crippen LogP) is 2.12. The van der Waals surface area contributed by atoms with Crippen LogP contribution in [-0.4, -0.2) is 15.9 Å². The van der Waals surface area contributed by atoms with E-state index in [2.05, 4.69) is 31.2 Å². The van der Waals surface area contributed by atoms with Crippen molar-refractivity contribution in [3.63, 3.8) is 0 Å². The van der Waals surface area contributed by atoms with E-state index >= 15 is 0 Å². The smallest absolute Gasteiger partial charge is 0.255 e. The van der Waals surface area contributed by atoms with Crippen LogP contribution < -0.4 is 11.1 Å². The molecule has 2 heterocycles. The topological polar surface area (TPSA) is 80.9 Å². The lowest BCUT2D eigenvalue weighted by Crippen LogP contribution is -2.24. The van der Waals surface area contributed by atoms with Crippen LogP contribution in [-0.2, 0) is 6.54 Å². The number of thiazole rings is 1. The molecule has 0 saturated carbocycles. The normalized spacial score (nSPS) is 10.3. The summed E-state index contributed by atoms with van der Waals surface area (Å²) in [5.74, 6) is -0.0415. The molecular formula is C11H11BrN4OS. The minimum absolute atomic E-state index is 0.214. The predicted molar refractivity (Wildman–Crippen MR) is 74.4 cm³/mol. The summed E-state index contributed by atoms with van der Waals surface area (Å²) in [5, 5.41) is 3.63. The van der Waals surface area contributed by atoms with E-state index < -0.39 is 0 Å². The molecule has 0 aromatic carbocycles. The fourth-order valence-corrected chi connectivity index (χ4v) is 2.42. The van der Waals surface area contributed by atoms with Gasteiger partial charge in [0.1, 0.15) is 10.8 Å². The van der Waals surface area contributed by atoms with Crippen molar-refractivity contribution < 1.29 is 4.79 Å². The lowest BCUT2D eigenvalue weighted by atomic mass is 10.2. The Kier molecular flexibility index (Phi) is 3.93. The van der Waals surface area contributed by atoms with E-state index in [1.807, 2.05) is 6.92 Å². The average Bonchev–Trinajstić information content (AvgIpc) is 2.75. The van der Waals surface area contributed by atoms with Crippen molar-refractivity contribution in [2.45, 2.75) is 13.5 Å². The highest BCUT2D eigenvalue weighted by atomic mass is 79.9. The summed E-state index contributed by atoms with van der Waals surface area (Å²) in [4.78, 5) is 21.1. The summed E-state index contributed by atoms with van der Waals surface area (Å²) in [6.07, 6.45) is 3.33. The van der Waals surface area contributed by atoms with Crippen molar-refractivity contribution in [1.82, 2.24) is 15.3 Å². The van der Waals surface area contributed by atoms with Crippen molar-refractivity contribution in [3.05, 3.63) is 38.4 Å². The highest BCUT2D eigenvalue weighted by molar-refractivity contribution is 9.10. The first-order valence-corrected chi connectivity index (χ1v) is 6.77. The molecule has 0 spiro atoms. The molecule has 0 unspecified atom stereocenters. The third-order valence-corrected chi connectivity index (χ3v) is 3.55. The zero-order chi connectivity index (χ0) is 13.1. The number of carbonyl (C=O) groups is 1. The van der Waals surface area contributed by atoms with E-state index in [0.29, 0.717) is 16.6 Å². The molecule has 18 heavy (non-hydrogen) atoms. The molecule has 0 saturated heterocycles. The Balaban J connectivity index is 2.05. The molecule has 0 aliphatic heterocycles. The van der Waals surface area contributed by atoms with Crippen LogP contribution >= 0.6 is 27.3 Å². The maximum absolute atomic E-state index is 11.9. The lowest BCUT2D eigenvalue weighted by molar-refractivity contribution is 0.0951. The number of rotatable bonds is 3. The van der Waals surface area contributed by atoms with Gasteiger partial charge in [0.15, 0.2) is 0 Å². The molecule has 0 aliphatic rings. The molecule has 2 aromatic heterocycles. The monoisotopic (exact) mass is 326 g/mol. The number of nitrogens with zero attached hydrogens (tertiary/aromatic N) is 2. The fraction of sp³-hybridized carbons (Fsp3) is 0.182. The third-order valence-electron chi connectivity index (χ3n) is 2.20. The molecule has 0 atom stereocenters. The van der Waals surface area contributed by atoms with Crippen molar-refractivity contribution in [2.24, 2.45) is 0 Å². The van der Waals surface area contributed by atoms with Gasteiger partial charge in [-0.2, -0.15) is 0 Å². The van der Waals surface area contributed by atoms with Crippen LogP contribution in [0, 0.1) is 6.92 Å². The summed E-state index contributed by atoms with van der Waals surface area (Å²) in [6, 6.07) is 1.64. The van der Waals surface area contributed by atoms with Gasteiger partial charge in [-0.15, -0.1) is 11.3 Å². The molecule has 5 nitrogen and oxygen atoms in total. The standard InChI is InChI=1S/C11H11BrN4OS/c1-6-3-14-9(18-6)5-16-11(17)8-2-7(12)4-15-10(8)13/h2-4H,5H2,1H3,(H2,13,15)(H,16,17). The lowest BCUT2D eigenvalue weighted by Gasteiger charge is -2.05. The zero-order valence-electron chi connectivity index (χ0n) is 9.61. The molecular weight excluding hydrogens is 316 g/mol. The SMILES string of the molecule is Cc1cnc(CNC(=O)c2cc(Br)cnc2N)s1. The number of nitrogens with two attached hydrogens (primary N) is 1. The second-order valence-electron chi connectivity index (χ2n) is 3.63. The summed E-state index contributed by atoms with van der Waals surface area (Å²) in [5.41, 5.74) is 6.02. The number of anilines is 1. The van der Waals surface area contributed by atoms with Crippen LogP contribution in [0.1, 0.15) is 20.2 Å². The Bertz CT molecular complexity index is 584. The molecule has 94 valence electrons. The van der Waals surface area contributed by atoms with Crippen molar-refractivity contribution >= 4 is 39.0 Å². The Labute approximate surface area is 117 Å². The maximum Gasteiger partial charge on any atom is 0.255 e. The maximum atomic E-state index is 11.9. The van der Waals surface area contributed by atoms with Crippen LogP contribution in [0.2, 0.25) is 0 Å². The summed E-state index contributed by atoms with van der Waals surface area (Å²) >= 11 is 4.81. The number of nitrogens with one attached hydrogen (secondary N) is 1. The first-order valence-electron chi connectivity index (χ1n) is 5.17. The van der Waals surface area contributed by atoms with Gasteiger partial charge in [0, 0.05) is 21.7 Å². The Morgan fingerprint density at radius 1 is 1.50 bits per heavy atom. The first-order chi connectivity index (χ1) is 8.56. The number of halogens is 1. The number of aromatic nitrogens is 2. The molecule has 2 aromatic rings. The molecule has 0 radical (unpaired) electrons. The van der Waals surface area contributed by atoms with E-state index in [9.17, 15) is 4.79 Å². The van der Waals surface area contributed by atoms with Gasteiger partial charge in [0.25, 0.3) is 5.91 Å². The van der Waals surface area contributed by atoms with Crippen molar-refractivity contribution in [2.75, 3.05) is 5.73 Å². The molecule has 0 aliphatic carbocycles. The number of hydrogen-bond acceptors (Lipinski definition) is 5. The third kappa shape index (κ3) is 3.05. The second-order valence-corrected chi connectivity index (χ2v) is 5.87. The molecule has 1 amide bonds. The van der Waals surface area contributed by atoms with E-state index in [1.165, 1.54) is 0 Å². The molecule has 7 heteroatoms. The molecule has 0 bridgehead atoms. The minimum atomic E-state index is -0.255. The summed E-state index contributed by atoms with van der Waals surface area (Å²) in [7, 11) is 0. The molecule has 0 fully saturated rings. The fourth-order valence-electron chi connectivity index (χ4n) is 1.37. The van der Waals surface area contributed by atoms with Gasteiger partial charge in [-0.1, -0.05) is 0 Å². The van der Waals surface area contributed by atoms with Gasteiger partial charge in [-0.05, 0) is 28.9 Å². The van der Waals surface area contributed by atoms with E-state index in [-0.39, 0.29) is 11.7 Å². The molecule has 2 rings (SSSR count). The summed E-state index contributed by atoms with van der Waals surface area (Å²) < 4.78 is 0.715. The number of pyridine rings is 1. The Morgan fingerprint density at radius 3 is 2.94 bits per heavy atom. The van der Waals surface area contributed by atoms with Crippen LogP contribution in [0.25, 0.3) is 0 Å². The van der Waals surface area contributed by atoms with Gasteiger partial charge in [0.05, 0.1) is 12.1 Å². The van der Waals surface area contributed by atoms with E-state index in [1.54, 1.807) is 29.8 Å². The van der Waals surface area contributed by atoms with Gasteiger partial charge < -0.3 is 11.1 Å². The van der Waals surface area contributed by atoms with Gasteiger partial charge in [0.2, 0.25) is 0 Å². The Hall–Kier alpha value is -1.47. The van der Waals surface area contributed by atoms with Crippen LogP contribution in [0.15, 0.2) is 22.9 Å². The first kappa shape index (κ1) is 13.0. The van der Waals surface area contributed by atoms with Crippen LogP contribution in [0.5, 0.6) is 0 Å². The quantitative estimate of drug-likeness (QED) is 0.905. The molecule has 3 N–H and O–H groups in total. The minimum Gasteiger partial charge on any atom is -0.383 e. The van der Waals surface area contributed by atoms with Gasteiger partial charge in [-0.25, -0.2) is 9.97 Å². The number of nitrogen functional groups attached to an aromatic ring is 1. The van der Waals surface area contributed by atoms with Crippen LogP contribution in [0.4, 0.5) is 5.82 Å². The largest absolute Gasteiger partial charge is 0.383 e. The number of hydrogen-bond donors (Lipinski definition) is 2. The van der Waals surface area contributed by atoms with Crippen LogP contribution in [0.3, 0.4) is 0 Å². The van der Waals surface area contributed by atoms with Gasteiger partial charge >= 0.3 is 0 Å². The highest BCUT2D eigenvalue weighted by Gasteiger charge is 2.11.